The number of nitrogens with two attached hydrogens (primary N) is 1. The SMILES string of the molecule is CC(N)C(=O)Nc1ccc(Cl)c(C(=O)O)c1. The zero-order valence-corrected chi connectivity index (χ0v) is 9.28. The van der Waals surface area contributed by atoms with Crippen LogP contribution in [0.15, 0.2) is 18.2 Å². The van der Waals surface area contributed by atoms with Crippen LogP contribution in [-0.4, -0.2) is 23.0 Å². The van der Waals surface area contributed by atoms with E-state index in [9.17, 15) is 9.59 Å². The normalized spacial score (nSPS) is 11.9. The Balaban J connectivity index is 2.95. The summed E-state index contributed by atoms with van der Waals surface area (Å²) in [6, 6.07) is 3.53. The fraction of sp³-hybridized carbons (Fsp3) is 0.200. The van der Waals surface area contributed by atoms with Crippen molar-refractivity contribution in [3.63, 3.8) is 0 Å². The first-order valence-corrected chi connectivity index (χ1v) is 4.89. The molecule has 1 rings (SSSR count). The lowest BCUT2D eigenvalue weighted by atomic mass is 10.2. The van der Waals surface area contributed by atoms with E-state index in [1.54, 1.807) is 0 Å². The molecule has 1 amide bonds. The summed E-state index contributed by atoms with van der Waals surface area (Å²) < 4.78 is 0. The summed E-state index contributed by atoms with van der Waals surface area (Å²) in [5.74, 6) is -1.54. The average molecular weight is 243 g/mol. The quantitative estimate of drug-likeness (QED) is 0.745. The van der Waals surface area contributed by atoms with Crippen LogP contribution >= 0.6 is 11.6 Å². The summed E-state index contributed by atoms with van der Waals surface area (Å²) in [6.45, 7) is 1.53. The van der Waals surface area contributed by atoms with E-state index < -0.39 is 17.9 Å². The Labute approximate surface area is 97.2 Å². The van der Waals surface area contributed by atoms with Gasteiger partial charge in [-0.3, -0.25) is 4.79 Å². The molecule has 0 bridgehead atoms. The number of carboxylic acids is 1. The monoisotopic (exact) mass is 242 g/mol. The number of carbonyl (C=O) groups is 2. The summed E-state index contributed by atoms with van der Waals surface area (Å²) in [4.78, 5) is 22.0. The first kappa shape index (κ1) is 12.5. The Morgan fingerprint density at radius 2 is 2.12 bits per heavy atom. The third-order valence-electron chi connectivity index (χ3n) is 1.88. The lowest BCUT2D eigenvalue weighted by Crippen LogP contribution is -2.32. The van der Waals surface area contributed by atoms with E-state index in [-0.39, 0.29) is 10.6 Å². The summed E-state index contributed by atoms with van der Waals surface area (Å²) in [5.41, 5.74) is 5.64. The Kier molecular flexibility index (Phi) is 3.87. The highest BCUT2D eigenvalue weighted by molar-refractivity contribution is 6.33. The number of nitrogens with one attached hydrogen (secondary N) is 1. The van der Waals surface area contributed by atoms with Gasteiger partial charge >= 0.3 is 5.97 Å². The average Bonchev–Trinajstić information content (AvgIpc) is 2.20. The van der Waals surface area contributed by atoms with Crippen molar-refractivity contribution in [3.05, 3.63) is 28.8 Å². The number of halogens is 1. The van der Waals surface area contributed by atoms with Crippen LogP contribution in [0.4, 0.5) is 5.69 Å². The maximum Gasteiger partial charge on any atom is 0.337 e. The van der Waals surface area contributed by atoms with Crippen molar-refractivity contribution < 1.29 is 14.7 Å². The molecule has 86 valence electrons. The smallest absolute Gasteiger partial charge is 0.337 e. The van der Waals surface area contributed by atoms with Gasteiger partial charge in [0.05, 0.1) is 16.6 Å². The number of hydrogen-bond acceptors (Lipinski definition) is 3. The molecule has 0 aliphatic heterocycles. The lowest BCUT2D eigenvalue weighted by molar-refractivity contribution is -0.117. The number of aromatic carboxylic acids is 1. The summed E-state index contributed by atoms with van der Waals surface area (Å²) >= 11 is 5.67. The van der Waals surface area contributed by atoms with Crippen LogP contribution in [0, 0.1) is 0 Å². The molecule has 0 aliphatic rings. The number of rotatable bonds is 3. The molecule has 0 aromatic heterocycles. The van der Waals surface area contributed by atoms with Gasteiger partial charge in [0, 0.05) is 5.69 Å². The molecule has 0 radical (unpaired) electrons. The molecule has 1 aromatic rings. The molecule has 0 fully saturated rings. The molecule has 16 heavy (non-hydrogen) atoms. The molecule has 1 aromatic carbocycles. The van der Waals surface area contributed by atoms with Crippen molar-refractivity contribution in [1.29, 1.82) is 0 Å². The highest BCUT2D eigenvalue weighted by Crippen LogP contribution is 2.20. The summed E-state index contributed by atoms with van der Waals surface area (Å²) in [7, 11) is 0. The third kappa shape index (κ3) is 2.95. The van der Waals surface area contributed by atoms with Crippen LogP contribution in [0.1, 0.15) is 17.3 Å². The van der Waals surface area contributed by atoms with E-state index in [2.05, 4.69) is 5.32 Å². The van der Waals surface area contributed by atoms with Crippen LogP contribution < -0.4 is 11.1 Å². The maximum atomic E-state index is 11.3. The minimum absolute atomic E-state index is 0.0656. The molecule has 0 saturated heterocycles. The number of amides is 1. The molecule has 0 aliphatic carbocycles. The Hall–Kier alpha value is -1.59. The van der Waals surface area contributed by atoms with E-state index >= 15 is 0 Å². The first-order valence-electron chi connectivity index (χ1n) is 4.51. The second-order valence-electron chi connectivity index (χ2n) is 3.28. The van der Waals surface area contributed by atoms with E-state index in [0.29, 0.717) is 5.69 Å². The minimum Gasteiger partial charge on any atom is -0.478 e. The van der Waals surface area contributed by atoms with Crippen LogP contribution in [0.5, 0.6) is 0 Å². The second-order valence-corrected chi connectivity index (χ2v) is 3.68. The predicted molar refractivity (Wildman–Crippen MR) is 60.7 cm³/mol. The van der Waals surface area contributed by atoms with Crippen molar-refractivity contribution in [3.8, 4) is 0 Å². The van der Waals surface area contributed by atoms with Crippen molar-refractivity contribution in [1.82, 2.24) is 0 Å². The van der Waals surface area contributed by atoms with Gasteiger partial charge in [-0.1, -0.05) is 11.6 Å². The lowest BCUT2D eigenvalue weighted by Gasteiger charge is -2.08. The fourth-order valence-corrected chi connectivity index (χ4v) is 1.22. The van der Waals surface area contributed by atoms with E-state index in [1.807, 2.05) is 0 Å². The second kappa shape index (κ2) is 4.96. The van der Waals surface area contributed by atoms with Crippen LogP contribution in [0.3, 0.4) is 0 Å². The van der Waals surface area contributed by atoms with Gasteiger partial charge in [-0.15, -0.1) is 0 Å². The topological polar surface area (TPSA) is 92.4 Å². The molecule has 0 heterocycles. The van der Waals surface area contributed by atoms with Gasteiger partial charge in [0.1, 0.15) is 0 Å². The molecule has 4 N–H and O–H groups in total. The third-order valence-corrected chi connectivity index (χ3v) is 2.21. The minimum atomic E-state index is -1.15. The zero-order chi connectivity index (χ0) is 12.3. The number of carbonyl (C=O) groups excluding carboxylic acids is 1. The van der Waals surface area contributed by atoms with Gasteiger partial charge in [-0.25, -0.2) is 4.79 Å². The molecule has 0 saturated carbocycles. The Bertz CT molecular complexity index is 432. The van der Waals surface area contributed by atoms with Gasteiger partial charge < -0.3 is 16.2 Å². The molecule has 0 spiro atoms. The zero-order valence-electron chi connectivity index (χ0n) is 8.53. The van der Waals surface area contributed by atoms with Gasteiger partial charge in [-0.05, 0) is 25.1 Å². The van der Waals surface area contributed by atoms with E-state index in [1.165, 1.54) is 25.1 Å². The molecule has 5 nitrogen and oxygen atoms in total. The largest absolute Gasteiger partial charge is 0.478 e. The summed E-state index contributed by atoms with van der Waals surface area (Å²) in [5, 5.41) is 11.4. The highest BCUT2D eigenvalue weighted by atomic mass is 35.5. The maximum absolute atomic E-state index is 11.3. The highest BCUT2D eigenvalue weighted by Gasteiger charge is 2.12. The van der Waals surface area contributed by atoms with E-state index in [0.717, 1.165) is 0 Å². The van der Waals surface area contributed by atoms with Gasteiger partial charge in [0.15, 0.2) is 0 Å². The standard InChI is InChI=1S/C10H11ClN2O3/c1-5(12)9(14)13-6-2-3-8(11)7(4-6)10(15)16/h2-5H,12H2,1H3,(H,13,14)(H,15,16). The predicted octanol–water partition coefficient (Wildman–Crippen LogP) is 1.32. The van der Waals surface area contributed by atoms with Crippen LogP contribution in [0.25, 0.3) is 0 Å². The first-order chi connectivity index (χ1) is 7.41. The van der Waals surface area contributed by atoms with Gasteiger partial charge in [0.25, 0.3) is 0 Å². The molecular formula is C10H11ClN2O3. The van der Waals surface area contributed by atoms with Crippen molar-refractivity contribution in [2.24, 2.45) is 5.73 Å². The Morgan fingerprint density at radius 1 is 1.50 bits per heavy atom. The van der Waals surface area contributed by atoms with Crippen molar-refractivity contribution in [2.75, 3.05) is 5.32 Å². The van der Waals surface area contributed by atoms with Crippen LogP contribution in [0.2, 0.25) is 5.02 Å². The molecule has 6 heteroatoms. The molecule has 1 unspecified atom stereocenters. The molecular weight excluding hydrogens is 232 g/mol. The van der Waals surface area contributed by atoms with Gasteiger partial charge in [0.2, 0.25) is 5.91 Å². The fourth-order valence-electron chi connectivity index (χ4n) is 1.02. The Morgan fingerprint density at radius 3 is 2.62 bits per heavy atom. The summed E-state index contributed by atoms with van der Waals surface area (Å²) in [6.07, 6.45) is 0. The number of anilines is 1. The van der Waals surface area contributed by atoms with Crippen LogP contribution in [-0.2, 0) is 4.79 Å². The number of carboxylic acid groups (broad SMARTS) is 1. The van der Waals surface area contributed by atoms with Gasteiger partial charge in [-0.2, -0.15) is 0 Å². The number of benzene rings is 1. The number of hydrogen-bond donors (Lipinski definition) is 3. The molecule has 1 atom stereocenters. The van der Waals surface area contributed by atoms with E-state index in [4.69, 9.17) is 22.4 Å². The van der Waals surface area contributed by atoms with Crippen molar-refractivity contribution in [2.45, 2.75) is 13.0 Å². The van der Waals surface area contributed by atoms with Crippen molar-refractivity contribution >= 4 is 29.2 Å².